The van der Waals surface area contributed by atoms with Crippen LogP contribution in [0, 0.1) is 0 Å². The molecule has 0 aliphatic carbocycles. The third kappa shape index (κ3) is 5.90. The molecule has 8 heteroatoms. The van der Waals surface area contributed by atoms with Gasteiger partial charge in [-0.05, 0) is 69.4 Å². The Morgan fingerprint density at radius 2 is 2.03 bits per heavy atom. The van der Waals surface area contributed by atoms with Gasteiger partial charge in [0.2, 0.25) is 5.91 Å². The average Bonchev–Trinajstić information content (AvgIpc) is 2.70. The van der Waals surface area contributed by atoms with E-state index in [0.717, 1.165) is 23.1 Å². The predicted octanol–water partition coefficient (Wildman–Crippen LogP) is 3.88. The molecule has 6 nitrogen and oxygen atoms in total. The fourth-order valence-electron chi connectivity index (χ4n) is 3.82. The minimum Gasteiger partial charge on any atom is -0.598 e. The summed E-state index contributed by atoms with van der Waals surface area (Å²) in [4.78, 5) is 14.4. The molecule has 2 heterocycles. The maximum absolute atomic E-state index is 12.9. The molecule has 0 spiro atoms. The largest absolute Gasteiger partial charge is 0.598 e. The third-order valence-corrected chi connectivity index (χ3v) is 7.36. The molecule has 1 aromatic carbocycles. The van der Waals surface area contributed by atoms with Crippen molar-refractivity contribution in [2.45, 2.75) is 77.0 Å². The molecule has 30 heavy (non-hydrogen) atoms. The summed E-state index contributed by atoms with van der Waals surface area (Å²) in [5.74, 6) is 0.114. The molecule has 1 amide bonds. The average molecular weight is 457 g/mol. The van der Waals surface area contributed by atoms with E-state index in [-0.39, 0.29) is 18.2 Å². The molecule has 0 unspecified atom stereocenters. The summed E-state index contributed by atoms with van der Waals surface area (Å²) in [6.07, 6.45) is 2.34. The van der Waals surface area contributed by atoms with Gasteiger partial charge in [0.15, 0.2) is 6.29 Å². The number of nitrogens with one attached hydrogen (secondary N) is 1. The van der Waals surface area contributed by atoms with Crippen LogP contribution < -0.4 is 4.72 Å². The Hall–Kier alpha value is -0.830. The first-order valence-corrected chi connectivity index (χ1v) is 12.2. The van der Waals surface area contributed by atoms with E-state index in [9.17, 15) is 9.35 Å². The van der Waals surface area contributed by atoms with Crippen molar-refractivity contribution in [3.63, 3.8) is 0 Å². The maximum atomic E-state index is 12.9. The molecule has 1 fully saturated rings. The van der Waals surface area contributed by atoms with Crippen LogP contribution in [0.2, 0.25) is 5.02 Å². The topological polar surface area (TPSA) is 73.9 Å². The molecule has 2 aliphatic heterocycles. The number of nitrogens with zero attached hydrogens (tertiary/aromatic N) is 1. The summed E-state index contributed by atoms with van der Waals surface area (Å²) in [5, 5.41) is 0.632. The molecular formula is C22H33ClN2O4S. The Kier molecular flexibility index (Phi) is 8.09. The fraction of sp³-hybridized carbons (Fsp3) is 0.682. The second-order valence-electron chi connectivity index (χ2n) is 8.87. The van der Waals surface area contributed by atoms with E-state index in [1.54, 1.807) is 0 Å². The first kappa shape index (κ1) is 23.8. The molecule has 0 saturated carbocycles. The Bertz CT molecular complexity index is 749. The van der Waals surface area contributed by atoms with Gasteiger partial charge in [0.25, 0.3) is 0 Å². The van der Waals surface area contributed by atoms with Crippen molar-refractivity contribution < 1.29 is 18.8 Å². The van der Waals surface area contributed by atoms with Crippen LogP contribution in [0.15, 0.2) is 12.1 Å². The van der Waals surface area contributed by atoms with Gasteiger partial charge in [0.1, 0.15) is 4.75 Å². The number of rotatable bonds is 7. The van der Waals surface area contributed by atoms with Gasteiger partial charge in [0.05, 0.1) is 25.7 Å². The number of carbonyl (C=O) groups is 1. The molecule has 0 radical (unpaired) electrons. The Morgan fingerprint density at radius 3 is 2.67 bits per heavy atom. The fourth-order valence-corrected chi connectivity index (χ4v) is 4.92. The Morgan fingerprint density at radius 1 is 1.33 bits per heavy atom. The van der Waals surface area contributed by atoms with E-state index in [1.165, 1.54) is 0 Å². The van der Waals surface area contributed by atoms with Gasteiger partial charge in [-0.3, -0.25) is 4.79 Å². The van der Waals surface area contributed by atoms with Gasteiger partial charge in [-0.2, -0.15) is 0 Å². The summed E-state index contributed by atoms with van der Waals surface area (Å²) in [5.41, 5.74) is 3.02. The lowest BCUT2D eigenvalue weighted by atomic mass is 9.89. The smallest absolute Gasteiger partial charge is 0.227 e. The van der Waals surface area contributed by atoms with Gasteiger partial charge in [0, 0.05) is 35.9 Å². The maximum Gasteiger partial charge on any atom is 0.227 e. The first-order chi connectivity index (χ1) is 14.2. The zero-order valence-corrected chi connectivity index (χ0v) is 19.9. The highest BCUT2D eigenvalue weighted by Gasteiger charge is 2.33. The summed E-state index contributed by atoms with van der Waals surface area (Å²) in [6, 6.07) is 3.64. The number of amides is 1. The highest BCUT2D eigenvalue weighted by molar-refractivity contribution is 7.90. The standard InChI is InChI=1S/C22H33ClN2O4S/c1-5-25-14-15-11-16(23)12-18(17(15)13-20(25)26)19(24-30(27)22(2,3)4)7-8-21-28-9-6-10-29-21/h11-12,19,21,24H,5-10,13-14H2,1-4H3/t19-,30-/m0/s1. The summed E-state index contributed by atoms with van der Waals surface area (Å²) < 4.78 is 27.3. The monoisotopic (exact) mass is 456 g/mol. The number of hydrogen-bond donors (Lipinski definition) is 1. The van der Waals surface area contributed by atoms with Crippen LogP contribution in [-0.2, 0) is 38.6 Å². The van der Waals surface area contributed by atoms with Crippen LogP contribution in [0.1, 0.15) is 69.7 Å². The predicted molar refractivity (Wildman–Crippen MR) is 120 cm³/mol. The van der Waals surface area contributed by atoms with Crippen LogP contribution in [0.3, 0.4) is 0 Å². The zero-order valence-electron chi connectivity index (χ0n) is 18.3. The number of ether oxygens (including phenoxy) is 2. The second-order valence-corrected chi connectivity index (χ2v) is 11.3. The van der Waals surface area contributed by atoms with Crippen LogP contribution in [0.5, 0.6) is 0 Å². The molecule has 0 bridgehead atoms. The van der Waals surface area contributed by atoms with Crippen molar-refractivity contribution in [3.8, 4) is 0 Å². The number of carbonyl (C=O) groups excluding carboxylic acids is 1. The van der Waals surface area contributed by atoms with E-state index in [1.807, 2.05) is 44.7 Å². The van der Waals surface area contributed by atoms with E-state index in [4.69, 9.17) is 21.1 Å². The van der Waals surface area contributed by atoms with Crippen molar-refractivity contribution in [3.05, 3.63) is 33.8 Å². The zero-order chi connectivity index (χ0) is 21.9. The lowest BCUT2D eigenvalue weighted by Gasteiger charge is -2.33. The quantitative estimate of drug-likeness (QED) is 0.630. The first-order valence-electron chi connectivity index (χ1n) is 10.7. The number of fused-ring (bicyclic) bond motifs is 1. The van der Waals surface area contributed by atoms with Gasteiger partial charge in [-0.1, -0.05) is 11.6 Å². The van der Waals surface area contributed by atoms with E-state index in [0.29, 0.717) is 50.6 Å². The molecule has 2 aliphatic rings. The highest BCUT2D eigenvalue weighted by Crippen LogP contribution is 2.34. The lowest BCUT2D eigenvalue weighted by Crippen LogP contribution is -2.42. The van der Waals surface area contributed by atoms with Crippen molar-refractivity contribution in [1.82, 2.24) is 9.62 Å². The molecular weight excluding hydrogens is 424 g/mol. The number of hydrogen-bond acceptors (Lipinski definition) is 5. The Labute approximate surface area is 187 Å². The van der Waals surface area contributed by atoms with Crippen molar-refractivity contribution in [2.24, 2.45) is 0 Å². The number of likely N-dealkylation sites (N-methyl/N-ethyl adjacent to an activating group) is 1. The van der Waals surface area contributed by atoms with Crippen molar-refractivity contribution >= 4 is 28.9 Å². The SMILES string of the molecule is CCN1Cc2cc(Cl)cc([C@H](CCC3OCCCO3)N[S@@+]([O-])C(C)(C)C)c2CC1=O. The van der Waals surface area contributed by atoms with Crippen LogP contribution in [0.25, 0.3) is 0 Å². The number of benzene rings is 1. The highest BCUT2D eigenvalue weighted by atomic mass is 35.5. The normalized spacial score (nSPS) is 20.2. The Balaban J connectivity index is 1.89. The molecule has 3 rings (SSSR count). The van der Waals surface area contributed by atoms with Crippen molar-refractivity contribution in [1.29, 1.82) is 0 Å². The van der Waals surface area contributed by atoms with E-state index in [2.05, 4.69) is 4.72 Å². The van der Waals surface area contributed by atoms with Crippen molar-refractivity contribution in [2.75, 3.05) is 19.8 Å². The summed E-state index contributed by atoms with van der Waals surface area (Å²) in [7, 11) is 0. The molecule has 2 atom stereocenters. The van der Waals surface area contributed by atoms with Gasteiger partial charge >= 0.3 is 0 Å². The lowest BCUT2D eigenvalue weighted by molar-refractivity contribution is -0.182. The third-order valence-electron chi connectivity index (χ3n) is 5.53. The van der Waals surface area contributed by atoms with Crippen LogP contribution in [-0.4, -0.2) is 46.2 Å². The second kappa shape index (κ2) is 10.2. The molecule has 168 valence electrons. The molecule has 0 aromatic heterocycles. The number of halogens is 1. The van der Waals surface area contributed by atoms with E-state index < -0.39 is 16.1 Å². The molecule has 1 aromatic rings. The summed E-state index contributed by atoms with van der Waals surface area (Å²) >= 11 is 5.20. The summed E-state index contributed by atoms with van der Waals surface area (Å²) in [6.45, 7) is 10.4. The van der Waals surface area contributed by atoms with Gasteiger partial charge in [-0.15, -0.1) is 4.72 Å². The molecule has 1 saturated heterocycles. The van der Waals surface area contributed by atoms with Gasteiger partial charge < -0.3 is 18.9 Å². The molecule has 1 N–H and O–H groups in total. The minimum atomic E-state index is -1.27. The van der Waals surface area contributed by atoms with Crippen LogP contribution >= 0.6 is 11.6 Å². The minimum absolute atomic E-state index is 0.114. The van der Waals surface area contributed by atoms with E-state index >= 15 is 0 Å². The van der Waals surface area contributed by atoms with Gasteiger partial charge in [-0.25, -0.2) is 0 Å². The van der Waals surface area contributed by atoms with Crippen LogP contribution in [0.4, 0.5) is 0 Å².